The van der Waals surface area contributed by atoms with Crippen LogP contribution in [0.1, 0.15) is 11.1 Å². The van der Waals surface area contributed by atoms with E-state index in [-0.39, 0.29) is 0 Å². The van der Waals surface area contributed by atoms with Crippen LogP contribution in [-0.4, -0.2) is 31.3 Å². The number of ether oxygens (including phenoxy) is 1. The van der Waals surface area contributed by atoms with Crippen molar-refractivity contribution in [1.82, 2.24) is 24.1 Å². The molecule has 7 heteroatoms. The Kier molecular flexibility index (Phi) is 5.06. The fraction of sp³-hybridized carbons (Fsp3) is 0.125. The Balaban J connectivity index is 1.39. The lowest BCUT2D eigenvalue weighted by Crippen LogP contribution is -2.05. The number of hydrogen-bond donors (Lipinski definition) is 1. The monoisotopic (exact) mass is 410 g/mol. The van der Waals surface area contributed by atoms with Gasteiger partial charge < -0.3 is 14.6 Å². The number of hydrogen-bond acceptors (Lipinski definition) is 5. The minimum Gasteiger partial charge on any atom is -0.496 e. The molecule has 0 unspecified atom stereocenters. The zero-order valence-electron chi connectivity index (χ0n) is 17.1. The molecule has 0 amide bonds. The van der Waals surface area contributed by atoms with Crippen molar-refractivity contribution < 1.29 is 4.74 Å². The van der Waals surface area contributed by atoms with Crippen molar-refractivity contribution in [2.45, 2.75) is 13.1 Å². The highest BCUT2D eigenvalue weighted by molar-refractivity contribution is 5.79. The maximum absolute atomic E-state index is 5.45. The van der Waals surface area contributed by atoms with E-state index in [0.29, 0.717) is 6.54 Å². The largest absolute Gasteiger partial charge is 0.496 e. The van der Waals surface area contributed by atoms with Gasteiger partial charge in [0.15, 0.2) is 5.65 Å². The Morgan fingerprint density at radius 1 is 0.968 bits per heavy atom. The maximum Gasteiger partial charge on any atom is 0.170 e. The lowest BCUT2D eigenvalue weighted by atomic mass is 10.0. The zero-order valence-corrected chi connectivity index (χ0v) is 17.1. The SMILES string of the molecule is COc1ccccc1CNc1ccc(-c2ccc(Cn3ccnc3)cc2)c2nncn12. The van der Waals surface area contributed by atoms with E-state index in [9.17, 15) is 0 Å². The number of pyridine rings is 1. The normalized spacial score (nSPS) is 11.0. The first-order valence-corrected chi connectivity index (χ1v) is 10.1. The fourth-order valence-corrected chi connectivity index (χ4v) is 3.70. The molecule has 1 N–H and O–H groups in total. The van der Waals surface area contributed by atoms with Crippen molar-refractivity contribution in [3.8, 4) is 16.9 Å². The fourth-order valence-electron chi connectivity index (χ4n) is 3.70. The van der Waals surface area contributed by atoms with Crippen LogP contribution in [0.3, 0.4) is 0 Å². The van der Waals surface area contributed by atoms with Crippen LogP contribution in [0.5, 0.6) is 5.75 Å². The number of rotatable bonds is 7. The van der Waals surface area contributed by atoms with Gasteiger partial charge in [-0.25, -0.2) is 4.98 Å². The minimum absolute atomic E-state index is 0.638. The first-order chi connectivity index (χ1) is 15.3. The predicted octanol–water partition coefficient (Wildman–Crippen LogP) is 4.26. The van der Waals surface area contributed by atoms with Crippen LogP contribution < -0.4 is 10.1 Å². The van der Waals surface area contributed by atoms with Crippen LogP contribution in [0.2, 0.25) is 0 Å². The number of fused-ring (bicyclic) bond motifs is 1. The van der Waals surface area contributed by atoms with Crippen LogP contribution in [0.15, 0.2) is 85.7 Å². The van der Waals surface area contributed by atoms with Crippen LogP contribution in [0.4, 0.5) is 5.82 Å². The van der Waals surface area contributed by atoms with Crippen molar-refractivity contribution in [3.63, 3.8) is 0 Å². The third-order valence-electron chi connectivity index (χ3n) is 5.30. The van der Waals surface area contributed by atoms with Gasteiger partial charge in [0, 0.05) is 36.6 Å². The van der Waals surface area contributed by atoms with Gasteiger partial charge in [0.1, 0.15) is 17.9 Å². The van der Waals surface area contributed by atoms with Gasteiger partial charge in [0.2, 0.25) is 0 Å². The number of imidazole rings is 1. The summed E-state index contributed by atoms with van der Waals surface area (Å²) >= 11 is 0. The Hall–Kier alpha value is -4.13. The first-order valence-electron chi connectivity index (χ1n) is 10.1. The third-order valence-corrected chi connectivity index (χ3v) is 5.30. The molecule has 7 nitrogen and oxygen atoms in total. The molecule has 0 saturated heterocycles. The van der Waals surface area contributed by atoms with Gasteiger partial charge in [-0.15, -0.1) is 10.2 Å². The third kappa shape index (κ3) is 3.85. The Bertz CT molecular complexity index is 1290. The average molecular weight is 410 g/mol. The molecular weight excluding hydrogens is 388 g/mol. The van der Waals surface area contributed by atoms with E-state index >= 15 is 0 Å². The second-order valence-electron chi connectivity index (χ2n) is 7.25. The summed E-state index contributed by atoms with van der Waals surface area (Å²) in [7, 11) is 1.69. The molecule has 5 aromatic rings. The predicted molar refractivity (Wildman–Crippen MR) is 120 cm³/mol. The van der Waals surface area contributed by atoms with Gasteiger partial charge in [0.05, 0.1) is 13.4 Å². The summed E-state index contributed by atoms with van der Waals surface area (Å²) in [5.74, 6) is 1.79. The van der Waals surface area contributed by atoms with E-state index < -0.39 is 0 Å². The molecule has 3 aromatic heterocycles. The van der Waals surface area contributed by atoms with E-state index in [2.05, 4.69) is 63.0 Å². The van der Waals surface area contributed by atoms with Crippen molar-refractivity contribution in [3.05, 3.63) is 96.8 Å². The summed E-state index contributed by atoms with van der Waals surface area (Å²) in [5, 5.41) is 12.0. The van der Waals surface area contributed by atoms with E-state index in [0.717, 1.165) is 40.4 Å². The highest BCUT2D eigenvalue weighted by Crippen LogP contribution is 2.27. The summed E-state index contributed by atoms with van der Waals surface area (Å²) in [5.41, 5.74) is 5.25. The van der Waals surface area contributed by atoms with Gasteiger partial charge in [-0.1, -0.05) is 42.5 Å². The first kappa shape index (κ1) is 18.9. The summed E-state index contributed by atoms with van der Waals surface area (Å²) in [4.78, 5) is 4.10. The van der Waals surface area contributed by atoms with Gasteiger partial charge >= 0.3 is 0 Å². The van der Waals surface area contributed by atoms with E-state index in [1.54, 1.807) is 19.6 Å². The molecule has 2 aromatic carbocycles. The van der Waals surface area contributed by atoms with E-state index in [1.165, 1.54) is 5.56 Å². The van der Waals surface area contributed by atoms with Crippen LogP contribution in [-0.2, 0) is 13.1 Å². The van der Waals surface area contributed by atoms with Gasteiger partial charge in [0.25, 0.3) is 0 Å². The number of anilines is 1. The van der Waals surface area contributed by atoms with Crippen LogP contribution in [0, 0.1) is 0 Å². The van der Waals surface area contributed by atoms with Gasteiger partial charge in [-0.3, -0.25) is 4.40 Å². The molecule has 0 aliphatic carbocycles. The smallest absolute Gasteiger partial charge is 0.170 e. The van der Waals surface area contributed by atoms with Crippen molar-refractivity contribution in [1.29, 1.82) is 0 Å². The zero-order chi connectivity index (χ0) is 21.0. The topological polar surface area (TPSA) is 69.3 Å². The van der Waals surface area contributed by atoms with Gasteiger partial charge in [-0.05, 0) is 29.3 Å². The van der Waals surface area contributed by atoms with Crippen molar-refractivity contribution >= 4 is 11.5 Å². The molecule has 31 heavy (non-hydrogen) atoms. The molecule has 5 rings (SSSR count). The standard InChI is InChI=1S/C24H22N6O/c1-31-22-5-3-2-4-20(22)14-26-23-11-10-21(24-28-27-17-30(23)24)19-8-6-18(7-9-19)15-29-13-12-25-16-29/h2-13,16-17,26H,14-15H2,1H3. The van der Waals surface area contributed by atoms with Crippen molar-refractivity contribution in [2.24, 2.45) is 0 Å². The second-order valence-corrected chi connectivity index (χ2v) is 7.25. The van der Waals surface area contributed by atoms with Crippen LogP contribution in [0.25, 0.3) is 16.8 Å². The molecule has 0 fully saturated rings. The van der Waals surface area contributed by atoms with Gasteiger partial charge in [-0.2, -0.15) is 0 Å². The summed E-state index contributed by atoms with van der Waals surface area (Å²) in [6.07, 6.45) is 7.31. The summed E-state index contributed by atoms with van der Waals surface area (Å²) < 4.78 is 9.48. The highest BCUT2D eigenvalue weighted by Gasteiger charge is 2.11. The molecule has 154 valence electrons. The molecule has 3 heterocycles. The molecule has 0 bridgehead atoms. The number of nitrogens with one attached hydrogen (secondary N) is 1. The lowest BCUT2D eigenvalue weighted by Gasteiger charge is -2.13. The Morgan fingerprint density at radius 2 is 1.84 bits per heavy atom. The number of methoxy groups -OCH3 is 1. The van der Waals surface area contributed by atoms with E-state index in [4.69, 9.17) is 4.74 Å². The Morgan fingerprint density at radius 3 is 2.65 bits per heavy atom. The number of para-hydroxylation sites is 1. The summed E-state index contributed by atoms with van der Waals surface area (Å²) in [6, 6.07) is 20.6. The molecule has 0 atom stereocenters. The quantitative estimate of drug-likeness (QED) is 0.434. The lowest BCUT2D eigenvalue weighted by molar-refractivity contribution is 0.410. The van der Waals surface area contributed by atoms with Crippen molar-refractivity contribution in [2.75, 3.05) is 12.4 Å². The second kappa shape index (κ2) is 8.31. The number of nitrogens with zero attached hydrogens (tertiary/aromatic N) is 5. The maximum atomic E-state index is 5.45. The molecule has 0 aliphatic heterocycles. The molecule has 0 radical (unpaired) electrons. The molecule has 0 aliphatic rings. The highest BCUT2D eigenvalue weighted by atomic mass is 16.5. The average Bonchev–Trinajstić information content (AvgIpc) is 3.51. The minimum atomic E-state index is 0.638. The Labute approximate surface area is 180 Å². The summed E-state index contributed by atoms with van der Waals surface area (Å²) in [6.45, 7) is 1.44. The van der Waals surface area contributed by atoms with E-state index in [1.807, 2.05) is 39.7 Å². The molecule has 0 saturated carbocycles. The number of aromatic nitrogens is 5. The molecular formula is C24H22N6O. The molecule has 0 spiro atoms. The van der Waals surface area contributed by atoms with Crippen LogP contribution >= 0.6 is 0 Å². The number of benzene rings is 2.